The fourth-order valence-electron chi connectivity index (χ4n) is 1.44. The molecule has 0 heterocycles. The molecule has 0 saturated heterocycles. The summed E-state index contributed by atoms with van der Waals surface area (Å²) in [6.07, 6.45) is 7.60. The molecule has 1 aliphatic rings. The molecule has 0 bridgehead atoms. The van der Waals surface area contributed by atoms with Crippen molar-refractivity contribution in [1.82, 2.24) is 4.90 Å². The predicted octanol–water partition coefficient (Wildman–Crippen LogP) is -0.168. The standard InChI is InChI=1S/C11H18N2O2/c1-3-6-13(7-9-4-5-9)11(14)10(12)8-15-2/h1,9-10H,4-8,12H2,2H3. The highest BCUT2D eigenvalue weighted by atomic mass is 16.5. The van der Waals surface area contributed by atoms with Crippen LogP contribution in [0.4, 0.5) is 0 Å². The van der Waals surface area contributed by atoms with Crippen LogP contribution in [0.1, 0.15) is 12.8 Å². The van der Waals surface area contributed by atoms with Crippen LogP contribution in [0.15, 0.2) is 0 Å². The second-order valence-electron chi connectivity index (χ2n) is 3.93. The Labute approximate surface area is 90.8 Å². The topological polar surface area (TPSA) is 55.6 Å². The van der Waals surface area contributed by atoms with Gasteiger partial charge in [-0.1, -0.05) is 5.92 Å². The quantitative estimate of drug-likeness (QED) is 0.619. The summed E-state index contributed by atoms with van der Waals surface area (Å²) in [7, 11) is 1.53. The van der Waals surface area contributed by atoms with Crippen LogP contribution in [0.2, 0.25) is 0 Å². The molecule has 1 fully saturated rings. The van der Waals surface area contributed by atoms with Crippen molar-refractivity contribution in [2.45, 2.75) is 18.9 Å². The molecule has 1 unspecified atom stereocenters. The molecule has 1 amide bonds. The summed E-state index contributed by atoms with van der Waals surface area (Å²) >= 11 is 0. The van der Waals surface area contributed by atoms with E-state index in [0.717, 1.165) is 6.54 Å². The molecule has 84 valence electrons. The van der Waals surface area contributed by atoms with E-state index in [0.29, 0.717) is 12.5 Å². The Balaban J connectivity index is 2.45. The van der Waals surface area contributed by atoms with Gasteiger partial charge in [0.1, 0.15) is 6.04 Å². The molecule has 0 aromatic carbocycles. The van der Waals surface area contributed by atoms with Crippen molar-refractivity contribution in [2.24, 2.45) is 11.7 Å². The summed E-state index contributed by atoms with van der Waals surface area (Å²) in [6.45, 7) is 1.32. The summed E-state index contributed by atoms with van der Waals surface area (Å²) in [5.74, 6) is 3.00. The van der Waals surface area contributed by atoms with E-state index >= 15 is 0 Å². The second-order valence-corrected chi connectivity index (χ2v) is 3.93. The van der Waals surface area contributed by atoms with Crippen molar-refractivity contribution in [1.29, 1.82) is 0 Å². The first-order chi connectivity index (χ1) is 7.19. The first-order valence-electron chi connectivity index (χ1n) is 5.15. The van der Waals surface area contributed by atoms with E-state index in [2.05, 4.69) is 5.92 Å². The van der Waals surface area contributed by atoms with Crippen LogP contribution >= 0.6 is 0 Å². The van der Waals surface area contributed by atoms with Gasteiger partial charge in [-0.15, -0.1) is 6.42 Å². The molecule has 0 aromatic heterocycles. The molecule has 15 heavy (non-hydrogen) atoms. The molecule has 4 nitrogen and oxygen atoms in total. The number of rotatable bonds is 6. The van der Waals surface area contributed by atoms with E-state index in [1.807, 2.05) is 0 Å². The van der Waals surface area contributed by atoms with Crippen molar-refractivity contribution in [3.63, 3.8) is 0 Å². The highest BCUT2D eigenvalue weighted by molar-refractivity contribution is 5.82. The minimum absolute atomic E-state index is 0.110. The van der Waals surface area contributed by atoms with Crippen LogP contribution in [0.5, 0.6) is 0 Å². The van der Waals surface area contributed by atoms with Gasteiger partial charge in [0.2, 0.25) is 5.91 Å². The van der Waals surface area contributed by atoms with Gasteiger partial charge < -0.3 is 15.4 Å². The lowest BCUT2D eigenvalue weighted by molar-refractivity contribution is -0.133. The zero-order chi connectivity index (χ0) is 11.3. The highest BCUT2D eigenvalue weighted by Gasteiger charge is 2.28. The summed E-state index contributed by atoms with van der Waals surface area (Å²) in [5, 5.41) is 0. The average molecular weight is 210 g/mol. The van der Waals surface area contributed by atoms with Crippen LogP contribution in [0, 0.1) is 18.3 Å². The van der Waals surface area contributed by atoms with Crippen LogP contribution in [-0.4, -0.2) is 43.7 Å². The van der Waals surface area contributed by atoms with E-state index in [-0.39, 0.29) is 12.5 Å². The number of terminal acetylenes is 1. The maximum absolute atomic E-state index is 11.8. The molecular formula is C11H18N2O2. The van der Waals surface area contributed by atoms with Crippen LogP contribution in [-0.2, 0) is 9.53 Å². The molecule has 0 aromatic rings. The van der Waals surface area contributed by atoms with Gasteiger partial charge in [0.25, 0.3) is 0 Å². The number of hydrogen-bond donors (Lipinski definition) is 1. The number of carbonyl (C=O) groups excluding carboxylic acids is 1. The summed E-state index contributed by atoms with van der Waals surface area (Å²) in [5.41, 5.74) is 5.67. The highest BCUT2D eigenvalue weighted by Crippen LogP contribution is 2.29. The van der Waals surface area contributed by atoms with Gasteiger partial charge in [-0.2, -0.15) is 0 Å². The number of hydrogen-bond acceptors (Lipinski definition) is 3. The van der Waals surface area contributed by atoms with E-state index in [4.69, 9.17) is 16.9 Å². The second kappa shape index (κ2) is 5.74. The number of ether oxygens (including phenoxy) is 1. The van der Waals surface area contributed by atoms with Gasteiger partial charge in [-0.3, -0.25) is 4.79 Å². The molecule has 0 radical (unpaired) electrons. The molecule has 0 spiro atoms. The van der Waals surface area contributed by atoms with Crippen molar-refractivity contribution in [2.75, 3.05) is 26.8 Å². The fourth-order valence-corrected chi connectivity index (χ4v) is 1.44. The van der Waals surface area contributed by atoms with E-state index in [1.165, 1.54) is 20.0 Å². The predicted molar refractivity (Wildman–Crippen MR) is 58.0 cm³/mol. The Morgan fingerprint density at radius 1 is 1.73 bits per heavy atom. The molecule has 0 aliphatic heterocycles. The minimum Gasteiger partial charge on any atom is -0.383 e. The molecule has 1 atom stereocenters. The first kappa shape index (κ1) is 12.0. The van der Waals surface area contributed by atoms with Gasteiger partial charge in [0.05, 0.1) is 13.2 Å². The van der Waals surface area contributed by atoms with Crippen LogP contribution in [0.3, 0.4) is 0 Å². The van der Waals surface area contributed by atoms with Gasteiger partial charge in [-0.05, 0) is 18.8 Å². The number of nitrogens with zero attached hydrogens (tertiary/aromatic N) is 1. The maximum atomic E-state index is 11.8. The Kier molecular flexibility index (Phi) is 4.60. The number of nitrogens with two attached hydrogens (primary N) is 1. The summed E-state index contributed by atoms with van der Waals surface area (Å²) in [6, 6.07) is -0.595. The largest absolute Gasteiger partial charge is 0.383 e. The Bertz CT molecular complexity index is 256. The first-order valence-corrected chi connectivity index (χ1v) is 5.15. The average Bonchev–Trinajstić information content (AvgIpc) is 3.00. The number of methoxy groups -OCH3 is 1. The lowest BCUT2D eigenvalue weighted by Gasteiger charge is -2.23. The van der Waals surface area contributed by atoms with Crippen molar-refractivity contribution in [3.8, 4) is 12.3 Å². The van der Waals surface area contributed by atoms with Crippen LogP contribution in [0.25, 0.3) is 0 Å². The summed E-state index contributed by atoms with van der Waals surface area (Å²) in [4.78, 5) is 13.5. The number of amides is 1. The van der Waals surface area contributed by atoms with Gasteiger partial charge >= 0.3 is 0 Å². The van der Waals surface area contributed by atoms with Crippen molar-refractivity contribution in [3.05, 3.63) is 0 Å². The molecule has 4 heteroatoms. The molecule has 1 aliphatic carbocycles. The van der Waals surface area contributed by atoms with Gasteiger partial charge in [-0.25, -0.2) is 0 Å². The minimum atomic E-state index is -0.595. The molecule has 2 N–H and O–H groups in total. The van der Waals surface area contributed by atoms with Gasteiger partial charge in [0.15, 0.2) is 0 Å². The van der Waals surface area contributed by atoms with Crippen LogP contribution < -0.4 is 5.73 Å². The lowest BCUT2D eigenvalue weighted by atomic mass is 10.2. The lowest BCUT2D eigenvalue weighted by Crippen LogP contribution is -2.47. The summed E-state index contributed by atoms with van der Waals surface area (Å²) < 4.78 is 4.85. The third-order valence-corrected chi connectivity index (χ3v) is 2.43. The fraction of sp³-hybridized carbons (Fsp3) is 0.727. The Hall–Kier alpha value is -1.05. The van der Waals surface area contributed by atoms with E-state index in [9.17, 15) is 4.79 Å². The third kappa shape index (κ3) is 3.90. The molecule has 1 saturated carbocycles. The molecule has 1 rings (SSSR count). The monoisotopic (exact) mass is 210 g/mol. The Morgan fingerprint density at radius 2 is 2.40 bits per heavy atom. The van der Waals surface area contributed by atoms with Gasteiger partial charge in [0, 0.05) is 13.7 Å². The smallest absolute Gasteiger partial charge is 0.242 e. The van der Waals surface area contributed by atoms with E-state index in [1.54, 1.807) is 4.90 Å². The van der Waals surface area contributed by atoms with Crippen molar-refractivity contribution >= 4 is 5.91 Å². The molecular weight excluding hydrogens is 192 g/mol. The SMILES string of the molecule is C#CCN(CC1CC1)C(=O)C(N)COC. The third-order valence-electron chi connectivity index (χ3n) is 2.43. The zero-order valence-electron chi connectivity index (χ0n) is 9.11. The van der Waals surface area contributed by atoms with Crippen molar-refractivity contribution < 1.29 is 9.53 Å². The number of carbonyl (C=O) groups is 1. The normalized spacial score (nSPS) is 16.9. The zero-order valence-corrected chi connectivity index (χ0v) is 9.11. The maximum Gasteiger partial charge on any atom is 0.242 e. The van der Waals surface area contributed by atoms with E-state index < -0.39 is 6.04 Å². The Morgan fingerprint density at radius 3 is 2.87 bits per heavy atom.